The Kier molecular flexibility index (Phi) is 4.78. The van der Waals surface area contributed by atoms with Gasteiger partial charge < -0.3 is 10.4 Å². The summed E-state index contributed by atoms with van der Waals surface area (Å²) in [6, 6.07) is 1.65. The molecule has 1 rings (SSSR count). The van der Waals surface area contributed by atoms with Gasteiger partial charge in [0.05, 0.1) is 6.61 Å². The number of anilines is 1. The molecule has 15 heavy (non-hydrogen) atoms. The molecule has 0 aromatic carbocycles. The highest BCUT2D eigenvalue weighted by molar-refractivity contribution is 6.29. The minimum atomic E-state index is 0.0706. The fourth-order valence-electron chi connectivity index (χ4n) is 1.20. The van der Waals surface area contributed by atoms with E-state index in [1.807, 2.05) is 0 Å². The van der Waals surface area contributed by atoms with Crippen LogP contribution in [-0.2, 0) is 6.42 Å². The molecule has 0 aliphatic rings. The number of nitrogens with zero attached hydrogens (tertiary/aromatic N) is 2. The lowest BCUT2D eigenvalue weighted by atomic mass is 10.1. The number of halogens is 1. The molecule has 0 unspecified atom stereocenters. The van der Waals surface area contributed by atoms with E-state index in [0.717, 1.165) is 12.2 Å². The number of nitrogens with one attached hydrogen (secondary N) is 1. The molecule has 84 valence electrons. The summed E-state index contributed by atoms with van der Waals surface area (Å²) in [5, 5.41) is 12.1. The van der Waals surface area contributed by atoms with Crippen molar-refractivity contribution in [3.63, 3.8) is 0 Å². The molecule has 4 nitrogen and oxygen atoms in total. The number of aromatic nitrogens is 2. The molecule has 1 aromatic heterocycles. The Bertz CT molecular complexity index is 318. The molecule has 0 fully saturated rings. The molecule has 1 aromatic rings. The third-order valence-electron chi connectivity index (χ3n) is 1.75. The van der Waals surface area contributed by atoms with E-state index in [-0.39, 0.29) is 6.61 Å². The molecular weight excluding hydrogens is 214 g/mol. The van der Waals surface area contributed by atoms with Crippen molar-refractivity contribution < 1.29 is 5.11 Å². The van der Waals surface area contributed by atoms with Crippen LogP contribution in [0.25, 0.3) is 0 Å². The second-order valence-electron chi connectivity index (χ2n) is 3.74. The molecule has 0 radical (unpaired) electrons. The zero-order valence-corrected chi connectivity index (χ0v) is 9.75. The van der Waals surface area contributed by atoms with Gasteiger partial charge in [-0.15, -0.1) is 0 Å². The van der Waals surface area contributed by atoms with Gasteiger partial charge in [-0.25, -0.2) is 9.97 Å². The first-order valence-corrected chi connectivity index (χ1v) is 5.38. The fourth-order valence-corrected chi connectivity index (χ4v) is 1.40. The van der Waals surface area contributed by atoms with E-state index in [0.29, 0.717) is 23.4 Å². The number of aliphatic hydroxyl groups is 1. The summed E-state index contributed by atoms with van der Waals surface area (Å²) in [4.78, 5) is 8.43. The minimum Gasteiger partial charge on any atom is -0.395 e. The molecule has 0 saturated heterocycles. The summed E-state index contributed by atoms with van der Waals surface area (Å²) >= 11 is 5.86. The van der Waals surface area contributed by atoms with Crippen LogP contribution in [0.3, 0.4) is 0 Å². The van der Waals surface area contributed by atoms with Gasteiger partial charge in [0.25, 0.3) is 0 Å². The summed E-state index contributed by atoms with van der Waals surface area (Å²) in [5.74, 6) is 1.90. The molecule has 1 heterocycles. The van der Waals surface area contributed by atoms with Gasteiger partial charge in [0.2, 0.25) is 0 Å². The quantitative estimate of drug-likeness (QED) is 0.756. The van der Waals surface area contributed by atoms with Crippen LogP contribution in [0, 0.1) is 5.92 Å². The molecule has 0 saturated carbocycles. The summed E-state index contributed by atoms with van der Waals surface area (Å²) in [6.45, 7) is 4.74. The Balaban J connectivity index is 2.75. The van der Waals surface area contributed by atoms with Gasteiger partial charge in [-0.2, -0.15) is 0 Å². The predicted molar refractivity (Wildman–Crippen MR) is 61.2 cm³/mol. The molecule has 0 atom stereocenters. The maximum Gasteiger partial charge on any atom is 0.134 e. The Labute approximate surface area is 94.7 Å². The normalized spacial score (nSPS) is 10.7. The maximum atomic E-state index is 8.67. The molecule has 5 heteroatoms. The lowest BCUT2D eigenvalue weighted by Gasteiger charge is -2.07. The molecular formula is C10H16ClN3O. The van der Waals surface area contributed by atoms with Crippen molar-refractivity contribution in [3.8, 4) is 0 Å². The second kappa shape index (κ2) is 5.88. The van der Waals surface area contributed by atoms with Crippen LogP contribution in [0.4, 0.5) is 5.82 Å². The summed E-state index contributed by atoms with van der Waals surface area (Å²) in [5.41, 5.74) is 0. The largest absolute Gasteiger partial charge is 0.395 e. The lowest BCUT2D eigenvalue weighted by molar-refractivity contribution is 0.311. The maximum absolute atomic E-state index is 8.67. The highest BCUT2D eigenvalue weighted by atomic mass is 35.5. The average molecular weight is 230 g/mol. The first-order chi connectivity index (χ1) is 7.11. The van der Waals surface area contributed by atoms with Crippen LogP contribution in [0.2, 0.25) is 5.15 Å². The number of hydrogen-bond donors (Lipinski definition) is 2. The highest BCUT2D eigenvalue weighted by Gasteiger charge is 2.05. The van der Waals surface area contributed by atoms with Crippen molar-refractivity contribution in [2.45, 2.75) is 20.3 Å². The average Bonchev–Trinajstić information content (AvgIpc) is 2.12. The van der Waals surface area contributed by atoms with Gasteiger partial charge in [0.15, 0.2) is 0 Å². The van der Waals surface area contributed by atoms with Crippen LogP contribution < -0.4 is 5.32 Å². The van der Waals surface area contributed by atoms with E-state index in [9.17, 15) is 0 Å². The smallest absolute Gasteiger partial charge is 0.134 e. The van der Waals surface area contributed by atoms with Gasteiger partial charge in [-0.3, -0.25) is 0 Å². The second-order valence-corrected chi connectivity index (χ2v) is 4.13. The van der Waals surface area contributed by atoms with Crippen LogP contribution in [0.1, 0.15) is 19.7 Å². The van der Waals surface area contributed by atoms with Crippen molar-refractivity contribution in [3.05, 3.63) is 17.0 Å². The van der Waals surface area contributed by atoms with Crippen molar-refractivity contribution >= 4 is 17.4 Å². The first kappa shape index (κ1) is 12.2. The monoisotopic (exact) mass is 229 g/mol. The molecule has 0 bridgehead atoms. The molecule has 2 N–H and O–H groups in total. The van der Waals surface area contributed by atoms with E-state index < -0.39 is 0 Å². The van der Waals surface area contributed by atoms with Gasteiger partial charge >= 0.3 is 0 Å². The zero-order chi connectivity index (χ0) is 11.3. The van der Waals surface area contributed by atoms with E-state index in [1.165, 1.54) is 0 Å². The topological polar surface area (TPSA) is 58.0 Å². The molecule has 0 amide bonds. The van der Waals surface area contributed by atoms with Crippen LogP contribution in [0.15, 0.2) is 6.07 Å². The molecule has 0 aliphatic heterocycles. The number of rotatable bonds is 5. The standard InChI is InChI=1S/C10H16ClN3O/c1-7(2)5-10-13-8(11)6-9(14-10)12-3-4-15/h6-7,15H,3-5H2,1-2H3,(H,12,13,14). The van der Waals surface area contributed by atoms with Crippen LogP contribution in [0.5, 0.6) is 0 Å². The molecule has 0 aliphatic carbocycles. The van der Waals surface area contributed by atoms with Gasteiger partial charge in [-0.1, -0.05) is 25.4 Å². The van der Waals surface area contributed by atoms with Crippen molar-refractivity contribution in [2.24, 2.45) is 5.92 Å². The number of hydrogen-bond acceptors (Lipinski definition) is 4. The molecule has 0 spiro atoms. The van der Waals surface area contributed by atoms with Gasteiger partial charge in [0.1, 0.15) is 16.8 Å². The van der Waals surface area contributed by atoms with Gasteiger partial charge in [-0.05, 0) is 5.92 Å². The Hall–Kier alpha value is -0.870. The van der Waals surface area contributed by atoms with Crippen molar-refractivity contribution in [2.75, 3.05) is 18.5 Å². The lowest BCUT2D eigenvalue weighted by Crippen LogP contribution is -2.09. The van der Waals surface area contributed by atoms with Crippen molar-refractivity contribution in [1.29, 1.82) is 0 Å². The van der Waals surface area contributed by atoms with Crippen LogP contribution >= 0.6 is 11.6 Å². The first-order valence-electron chi connectivity index (χ1n) is 5.00. The van der Waals surface area contributed by atoms with E-state index in [4.69, 9.17) is 16.7 Å². The van der Waals surface area contributed by atoms with Crippen molar-refractivity contribution in [1.82, 2.24) is 9.97 Å². The SMILES string of the molecule is CC(C)Cc1nc(Cl)cc(NCCO)n1. The van der Waals surface area contributed by atoms with E-state index in [1.54, 1.807) is 6.07 Å². The van der Waals surface area contributed by atoms with Gasteiger partial charge in [0, 0.05) is 19.0 Å². The Morgan fingerprint density at radius 3 is 2.80 bits per heavy atom. The van der Waals surface area contributed by atoms with E-state index in [2.05, 4.69) is 29.1 Å². The highest BCUT2D eigenvalue weighted by Crippen LogP contribution is 2.13. The summed E-state index contributed by atoms with van der Waals surface area (Å²) < 4.78 is 0. The zero-order valence-electron chi connectivity index (χ0n) is 9.00. The number of aliphatic hydroxyl groups excluding tert-OH is 1. The van der Waals surface area contributed by atoms with Crippen LogP contribution in [-0.4, -0.2) is 28.2 Å². The Morgan fingerprint density at radius 2 is 2.20 bits per heavy atom. The van der Waals surface area contributed by atoms with E-state index >= 15 is 0 Å². The predicted octanol–water partition coefficient (Wildman–Crippen LogP) is 1.73. The summed E-state index contributed by atoms with van der Waals surface area (Å²) in [7, 11) is 0. The Morgan fingerprint density at radius 1 is 1.47 bits per heavy atom. The minimum absolute atomic E-state index is 0.0706. The third kappa shape index (κ3) is 4.44. The summed E-state index contributed by atoms with van der Waals surface area (Å²) in [6.07, 6.45) is 0.800. The fraction of sp³-hybridized carbons (Fsp3) is 0.600. The third-order valence-corrected chi connectivity index (χ3v) is 1.94.